The van der Waals surface area contributed by atoms with E-state index in [-0.39, 0.29) is 18.5 Å². The van der Waals surface area contributed by atoms with Gasteiger partial charge in [-0.1, -0.05) is 5.16 Å². The number of piperidine rings is 1. The normalized spacial score (nSPS) is 17.6. The fourth-order valence-electron chi connectivity index (χ4n) is 3.08. The summed E-state index contributed by atoms with van der Waals surface area (Å²) in [5.74, 6) is 0.551. The molecule has 4 rings (SSSR count). The molecule has 154 valence electrons. The van der Waals surface area contributed by atoms with E-state index in [2.05, 4.69) is 42.0 Å². The van der Waals surface area contributed by atoms with Crippen molar-refractivity contribution in [3.63, 3.8) is 0 Å². The van der Waals surface area contributed by atoms with Gasteiger partial charge >= 0.3 is 5.97 Å². The third-order valence-corrected chi connectivity index (χ3v) is 5.16. The van der Waals surface area contributed by atoms with Crippen LogP contribution in [0.5, 0.6) is 5.75 Å². The molecule has 1 aromatic heterocycles. The summed E-state index contributed by atoms with van der Waals surface area (Å²) in [6.07, 6.45) is 1.47. The molecular weight excluding hydrogens is 451 g/mol. The smallest absolute Gasteiger partial charge is 0.321 e. The minimum Gasteiger partial charge on any atom is -0.489 e. The van der Waals surface area contributed by atoms with Crippen molar-refractivity contribution in [2.45, 2.75) is 18.9 Å². The highest BCUT2D eigenvalue weighted by atomic mass is 79.9. The predicted octanol–water partition coefficient (Wildman–Crippen LogP) is 1.70. The van der Waals surface area contributed by atoms with Crippen molar-refractivity contribution in [1.82, 2.24) is 21.2 Å². The number of hydrazine groups is 2. The second kappa shape index (κ2) is 8.25. The van der Waals surface area contributed by atoms with E-state index in [1.54, 1.807) is 12.1 Å². The maximum absolute atomic E-state index is 13.4. The summed E-state index contributed by atoms with van der Waals surface area (Å²) >= 11 is 3.38. The summed E-state index contributed by atoms with van der Waals surface area (Å²) in [4.78, 5) is 12.8. The zero-order chi connectivity index (χ0) is 20.4. The predicted molar refractivity (Wildman–Crippen MR) is 104 cm³/mol. The van der Waals surface area contributed by atoms with Gasteiger partial charge in [0, 0.05) is 38.1 Å². The molecular formula is C17H18BrFN6O4. The first-order chi connectivity index (χ1) is 14.0. The van der Waals surface area contributed by atoms with Crippen molar-refractivity contribution >= 4 is 33.6 Å². The van der Waals surface area contributed by atoms with Crippen LogP contribution in [-0.2, 0) is 4.79 Å². The summed E-state index contributed by atoms with van der Waals surface area (Å²) < 4.78 is 25.4. The number of aromatic nitrogens is 1. The number of hydrogen-bond acceptors (Lipinski definition) is 9. The maximum atomic E-state index is 13.4. The summed E-state index contributed by atoms with van der Waals surface area (Å²) in [5.41, 5.74) is 5.33. The van der Waals surface area contributed by atoms with E-state index < -0.39 is 5.97 Å². The van der Waals surface area contributed by atoms with Crippen LogP contribution in [0.1, 0.15) is 18.6 Å². The van der Waals surface area contributed by atoms with Crippen LogP contribution < -0.4 is 20.6 Å². The second-order valence-corrected chi connectivity index (χ2v) is 7.43. The Balaban J connectivity index is 1.32. The molecule has 12 heteroatoms. The van der Waals surface area contributed by atoms with E-state index in [1.165, 1.54) is 17.3 Å². The Morgan fingerprint density at radius 2 is 2.17 bits per heavy atom. The highest BCUT2D eigenvalue weighted by Crippen LogP contribution is 2.29. The van der Waals surface area contributed by atoms with Crippen molar-refractivity contribution in [3.05, 3.63) is 40.3 Å². The molecule has 1 aromatic carbocycles. The molecule has 10 nitrogen and oxygen atoms in total. The number of carbonyl (C=O) groups is 1. The molecule has 2 aromatic rings. The largest absolute Gasteiger partial charge is 0.489 e. The van der Waals surface area contributed by atoms with E-state index in [0.717, 1.165) is 17.3 Å². The summed E-state index contributed by atoms with van der Waals surface area (Å²) in [7, 11) is 0. The minimum atomic E-state index is -1.00. The van der Waals surface area contributed by atoms with E-state index >= 15 is 0 Å². The molecule has 1 fully saturated rings. The summed E-state index contributed by atoms with van der Waals surface area (Å²) in [6.45, 7) is 1.13. The van der Waals surface area contributed by atoms with Crippen molar-refractivity contribution in [1.29, 1.82) is 0 Å². The van der Waals surface area contributed by atoms with Gasteiger partial charge in [0.05, 0.1) is 4.47 Å². The summed E-state index contributed by atoms with van der Waals surface area (Å²) in [6, 6.07) is 6.12. The molecule has 1 saturated heterocycles. The molecule has 3 heterocycles. The van der Waals surface area contributed by atoms with Crippen LogP contribution in [-0.4, -0.2) is 52.9 Å². The molecule has 2 aliphatic rings. The maximum Gasteiger partial charge on any atom is 0.321 e. The van der Waals surface area contributed by atoms with Gasteiger partial charge in [0.1, 0.15) is 24.2 Å². The lowest BCUT2D eigenvalue weighted by Gasteiger charge is -2.32. The van der Waals surface area contributed by atoms with Gasteiger partial charge in [-0.05, 0) is 28.1 Å². The third-order valence-electron chi connectivity index (χ3n) is 4.50. The fourth-order valence-corrected chi connectivity index (χ4v) is 3.42. The fraction of sp³-hybridized carbons (Fsp3) is 0.353. The molecule has 0 unspecified atom stereocenters. The number of carboxylic acid groups (broad SMARTS) is 1. The topological polar surface area (TPSA) is 115 Å². The Morgan fingerprint density at radius 1 is 1.38 bits per heavy atom. The average molecular weight is 469 g/mol. The molecule has 2 aliphatic heterocycles. The second-order valence-electron chi connectivity index (χ2n) is 6.58. The first-order valence-corrected chi connectivity index (χ1v) is 9.70. The first-order valence-electron chi connectivity index (χ1n) is 8.91. The van der Waals surface area contributed by atoms with Crippen LogP contribution in [0.25, 0.3) is 0 Å². The van der Waals surface area contributed by atoms with Crippen LogP contribution in [0.3, 0.4) is 0 Å². The van der Waals surface area contributed by atoms with Crippen molar-refractivity contribution in [2.24, 2.45) is 5.10 Å². The number of carboxylic acids is 1. The SMILES string of the molecule is O=C(O)CN1NN=C(c2cc(N3CCC(Oc4cc(F)ccc4Br)CC3)no2)N1. The van der Waals surface area contributed by atoms with E-state index in [4.69, 9.17) is 14.4 Å². The van der Waals surface area contributed by atoms with Crippen LogP contribution in [0.4, 0.5) is 10.2 Å². The third kappa shape index (κ3) is 4.59. The Bertz CT molecular complexity index is 930. The van der Waals surface area contributed by atoms with Gasteiger partial charge in [-0.25, -0.2) is 9.93 Å². The molecule has 0 saturated carbocycles. The first kappa shape index (κ1) is 19.5. The Labute approximate surface area is 173 Å². The molecule has 0 amide bonds. The number of ether oxygens (including phenoxy) is 1. The number of rotatable bonds is 6. The molecule has 0 spiro atoms. The van der Waals surface area contributed by atoms with Gasteiger partial charge in [-0.3, -0.25) is 10.2 Å². The van der Waals surface area contributed by atoms with Crippen LogP contribution in [0.15, 0.2) is 38.4 Å². The molecule has 3 N–H and O–H groups in total. The summed E-state index contributed by atoms with van der Waals surface area (Å²) in [5, 5.41) is 18.1. The molecule has 29 heavy (non-hydrogen) atoms. The molecule has 0 aliphatic carbocycles. The standard InChI is InChI=1S/C17H18BrFN6O4/c18-12-2-1-10(19)7-13(12)28-11-3-5-24(6-4-11)15-8-14(29-22-15)17-20-23-25(21-17)9-16(26)27/h1-2,7-8,11,23H,3-6,9H2,(H,20,21)(H,26,27). The minimum absolute atomic E-state index is 0.0228. The van der Waals surface area contributed by atoms with Gasteiger partial charge in [0.25, 0.3) is 0 Å². The lowest BCUT2D eigenvalue weighted by molar-refractivity contribution is -0.139. The molecule has 0 bridgehead atoms. The van der Waals surface area contributed by atoms with Crippen LogP contribution >= 0.6 is 15.9 Å². The lowest BCUT2D eigenvalue weighted by Crippen LogP contribution is -2.44. The highest BCUT2D eigenvalue weighted by molar-refractivity contribution is 9.10. The van der Waals surface area contributed by atoms with Crippen molar-refractivity contribution in [3.8, 4) is 5.75 Å². The molecule has 0 radical (unpaired) electrons. The van der Waals surface area contributed by atoms with Gasteiger partial charge in [-0.15, -0.1) is 10.2 Å². The van der Waals surface area contributed by atoms with E-state index in [1.807, 2.05) is 0 Å². The highest BCUT2D eigenvalue weighted by Gasteiger charge is 2.26. The quantitative estimate of drug-likeness (QED) is 0.582. The van der Waals surface area contributed by atoms with Gasteiger partial charge in [0.15, 0.2) is 5.82 Å². The number of hydrazone groups is 1. The Morgan fingerprint density at radius 3 is 2.93 bits per heavy atom. The molecule has 0 atom stereocenters. The zero-order valence-corrected chi connectivity index (χ0v) is 16.7. The van der Waals surface area contributed by atoms with Gasteiger partial charge in [-0.2, -0.15) is 0 Å². The number of benzene rings is 1. The van der Waals surface area contributed by atoms with Crippen molar-refractivity contribution < 1.29 is 23.6 Å². The number of nitrogens with zero attached hydrogens (tertiary/aromatic N) is 4. The number of aliphatic carboxylic acids is 1. The Kier molecular flexibility index (Phi) is 5.53. The van der Waals surface area contributed by atoms with Crippen molar-refractivity contribution in [2.75, 3.05) is 24.5 Å². The zero-order valence-electron chi connectivity index (χ0n) is 15.1. The average Bonchev–Trinajstić information content (AvgIpc) is 3.34. The van der Waals surface area contributed by atoms with Crippen LogP contribution in [0, 0.1) is 5.82 Å². The van der Waals surface area contributed by atoms with Crippen LogP contribution in [0.2, 0.25) is 0 Å². The number of nitrogens with one attached hydrogen (secondary N) is 2. The number of hydrogen-bond donors (Lipinski definition) is 3. The number of amidine groups is 1. The Hall–Kier alpha value is -2.86. The lowest BCUT2D eigenvalue weighted by atomic mass is 10.1. The monoisotopic (exact) mass is 468 g/mol. The van der Waals surface area contributed by atoms with Gasteiger partial charge < -0.3 is 19.3 Å². The van der Waals surface area contributed by atoms with E-state index in [0.29, 0.717) is 36.3 Å². The number of halogens is 2. The van der Waals surface area contributed by atoms with E-state index in [9.17, 15) is 9.18 Å². The van der Waals surface area contributed by atoms with Gasteiger partial charge in [0.2, 0.25) is 11.6 Å². The number of anilines is 1.